The zero-order chi connectivity index (χ0) is 26.6. The van der Waals surface area contributed by atoms with E-state index in [-0.39, 0.29) is 34.9 Å². The van der Waals surface area contributed by atoms with Gasteiger partial charge in [-0.2, -0.15) is 5.10 Å². The summed E-state index contributed by atoms with van der Waals surface area (Å²) >= 11 is 1.36. The number of anilines is 1. The lowest BCUT2D eigenvalue weighted by Gasteiger charge is -2.22. The van der Waals surface area contributed by atoms with Crippen molar-refractivity contribution < 1.29 is 19.1 Å². The minimum Gasteiger partial charge on any atom is -0.381 e. The van der Waals surface area contributed by atoms with Gasteiger partial charge in [0.25, 0.3) is 11.8 Å². The predicted molar refractivity (Wildman–Crippen MR) is 142 cm³/mol. The van der Waals surface area contributed by atoms with Crippen molar-refractivity contribution in [1.29, 1.82) is 0 Å². The first-order chi connectivity index (χ1) is 18.4. The Bertz CT molecular complexity index is 1330. The Morgan fingerprint density at radius 2 is 1.97 bits per heavy atom. The van der Waals surface area contributed by atoms with Gasteiger partial charge >= 0.3 is 0 Å². The summed E-state index contributed by atoms with van der Waals surface area (Å²) in [6, 6.07) is 3.09. The average molecular weight is 538 g/mol. The number of carbonyl (C=O) groups is 3. The fourth-order valence-electron chi connectivity index (χ4n) is 4.57. The molecule has 2 aliphatic rings. The molecule has 0 aromatic carbocycles. The predicted octanol–water partition coefficient (Wildman–Crippen LogP) is 2.82. The molecule has 1 fully saturated rings. The summed E-state index contributed by atoms with van der Waals surface area (Å²) in [7, 11) is 0. The van der Waals surface area contributed by atoms with Gasteiger partial charge < -0.3 is 20.7 Å². The second kappa shape index (κ2) is 11.4. The fraction of sp³-hybridized carbons (Fsp3) is 0.462. The molecule has 4 bridgehead atoms. The molecule has 1 saturated heterocycles. The smallest absolute Gasteiger partial charge is 0.275 e. The van der Waals surface area contributed by atoms with Crippen LogP contribution < -0.4 is 16.0 Å². The van der Waals surface area contributed by atoms with Crippen LogP contribution in [0.4, 0.5) is 5.69 Å². The number of nitrogens with one attached hydrogen (secondary N) is 3. The molecule has 3 aromatic heterocycles. The van der Waals surface area contributed by atoms with Gasteiger partial charge in [-0.05, 0) is 43.7 Å². The van der Waals surface area contributed by atoms with Crippen LogP contribution in [0.3, 0.4) is 0 Å². The van der Waals surface area contributed by atoms with Crippen molar-refractivity contribution in [3.8, 4) is 10.6 Å². The van der Waals surface area contributed by atoms with E-state index in [2.05, 4.69) is 31.0 Å². The van der Waals surface area contributed by atoms with Gasteiger partial charge in [0.05, 0.1) is 11.7 Å². The molecule has 200 valence electrons. The maximum Gasteiger partial charge on any atom is 0.275 e. The van der Waals surface area contributed by atoms with Crippen LogP contribution in [-0.4, -0.2) is 63.3 Å². The highest BCUT2D eigenvalue weighted by atomic mass is 32.1. The molecule has 0 aliphatic carbocycles. The van der Waals surface area contributed by atoms with E-state index in [9.17, 15) is 14.4 Å². The van der Waals surface area contributed by atoms with Crippen LogP contribution >= 0.6 is 11.3 Å². The van der Waals surface area contributed by atoms with Gasteiger partial charge in [-0.3, -0.25) is 24.0 Å². The van der Waals surface area contributed by atoms with Gasteiger partial charge in [-0.1, -0.05) is 13.8 Å². The lowest BCUT2D eigenvalue weighted by Crippen LogP contribution is -2.50. The van der Waals surface area contributed by atoms with E-state index in [0.717, 1.165) is 24.1 Å². The molecule has 11 nitrogen and oxygen atoms in total. The highest BCUT2D eigenvalue weighted by Crippen LogP contribution is 2.27. The third kappa shape index (κ3) is 5.76. The second-order valence-electron chi connectivity index (χ2n) is 9.83. The molecule has 3 N–H and O–H groups in total. The van der Waals surface area contributed by atoms with Crippen molar-refractivity contribution in [3.63, 3.8) is 0 Å². The second-order valence-corrected chi connectivity index (χ2v) is 10.7. The number of rotatable bonds is 2. The van der Waals surface area contributed by atoms with E-state index in [0.29, 0.717) is 37.6 Å². The minimum atomic E-state index is -0.763. The summed E-state index contributed by atoms with van der Waals surface area (Å²) < 4.78 is 7.18. The third-order valence-corrected chi connectivity index (χ3v) is 7.60. The quantitative estimate of drug-likeness (QED) is 0.457. The number of aryl methyl sites for hydroxylation is 1. The monoisotopic (exact) mass is 537 g/mol. The Hall–Kier alpha value is -3.64. The molecule has 1 atom stereocenters. The van der Waals surface area contributed by atoms with E-state index in [4.69, 9.17) is 4.74 Å². The maximum atomic E-state index is 13.4. The molecule has 5 heterocycles. The number of thiazole rings is 1. The summed E-state index contributed by atoms with van der Waals surface area (Å²) in [6.45, 7) is 5.39. The van der Waals surface area contributed by atoms with E-state index in [1.807, 2.05) is 26.0 Å². The highest BCUT2D eigenvalue weighted by Gasteiger charge is 2.29. The van der Waals surface area contributed by atoms with Crippen LogP contribution in [0, 0.1) is 5.92 Å². The van der Waals surface area contributed by atoms with Crippen molar-refractivity contribution in [2.75, 3.05) is 25.1 Å². The number of pyridine rings is 1. The molecule has 2 aliphatic heterocycles. The molecule has 12 heteroatoms. The molecule has 0 radical (unpaired) electrons. The number of hydrogen-bond acceptors (Lipinski definition) is 8. The van der Waals surface area contributed by atoms with Crippen molar-refractivity contribution in [3.05, 3.63) is 47.0 Å². The summed E-state index contributed by atoms with van der Waals surface area (Å²) in [5.41, 5.74) is 2.31. The van der Waals surface area contributed by atoms with Crippen LogP contribution in [0.2, 0.25) is 0 Å². The molecule has 3 aromatic rings. The van der Waals surface area contributed by atoms with Gasteiger partial charge in [0, 0.05) is 48.8 Å². The summed E-state index contributed by atoms with van der Waals surface area (Å²) in [4.78, 5) is 48.6. The zero-order valence-electron chi connectivity index (χ0n) is 21.4. The fourth-order valence-corrected chi connectivity index (χ4v) is 5.37. The number of ether oxygens (including phenoxy) is 1. The molecule has 38 heavy (non-hydrogen) atoms. The van der Waals surface area contributed by atoms with E-state index < -0.39 is 17.9 Å². The van der Waals surface area contributed by atoms with Crippen molar-refractivity contribution in [1.82, 2.24) is 30.4 Å². The minimum absolute atomic E-state index is 0.0403. The lowest BCUT2D eigenvalue weighted by atomic mass is 10.0. The van der Waals surface area contributed by atoms with Gasteiger partial charge in [0.15, 0.2) is 5.69 Å². The topological polar surface area (TPSA) is 140 Å². The molecular formula is C26H31N7O4S. The first-order valence-electron chi connectivity index (χ1n) is 12.9. The Morgan fingerprint density at radius 3 is 2.76 bits per heavy atom. The molecule has 0 saturated carbocycles. The number of hydrogen-bond donors (Lipinski definition) is 3. The van der Waals surface area contributed by atoms with E-state index in [1.165, 1.54) is 11.3 Å². The van der Waals surface area contributed by atoms with Crippen LogP contribution in [0.15, 0.2) is 29.9 Å². The number of carbonyl (C=O) groups excluding carboxylic acids is 3. The first-order valence-corrected chi connectivity index (χ1v) is 13.7. The maximum absolute atomic E-state index is 13.4. The molecule has 3 amide bonds. The normalized spacial score (nSPS) is 19.7. The number of amides is 3. The van der Waals surface area contributed by atoms with Gasteiger partial charge in [0.2, 0.25) is 5.91 Å². The molecular weight excluding hydrogens is 506 g/mol. The third-order valence-electron chi connectivity index (χ3n) is 6.71. The van der Waals surface area contributed by atoms with Crippen molar-refractivity contribution in [2.45, 2.75) is 51.6 Å². The Morgan fingerprint density at radius 1 is 1.16 bits per heavy atom. The van der Waals surface area contributed by atoms with Crippen molar-refractivity contribution >= 4 is 34.7 Å². The van der Waals surface area contributed by atoms with E-state index >= 15 is 0 Å². The largest absolute Gasteiger partial charge is 0.381 e. The van der Waals surface area contributed by atoms with Crippen LogP contribution in [0.25, 0.3) is 10.6 Å². The van der Waals surface area contributed by atoms with Crippen LogP contribution in [0.5, 0.6) is 0 Å². The number of fused-ring (bicyclic) bond motifs is 6. The lowest BCUT2D eigenvalue weighted by molar-refractivity contribution is -0.123. The summed E-state index contributed by atoms with van der Waals surface area (Å²) in [5.74, 6) is -1.40. The average Bonchev–Trinajstić information content (AvgIpc) is 3.58. The summed E-state index contributed by atoms with van der Waals surface area (Å²) in [6.07, 6.45) is 6.25. The van der Waals surface area contributed by atoms with Crippen molar-refractivity contribution in [2.24, 2.45) is 5.92 Å². The zero-order valence-corrected chi connectivity index (χ0v) is 22.2. The first kappa shape index (κ1) is 26.0. The van der Waals surface area contributed by atoms with Crippen LogP contribution in [0.1, 0.15) is 65.8 Å². The SMILES string of the molecule is CC(C)C1NC(=O)c2nn(C3CCOCC3)cc2NC(=O)c2csc(n2)-c2ccnc(c2)CCCNC1=O. The Kier molecular flexibility index (Phi) is 7.79. The molecule has 5 rings (SSSR count). The van der Waals surface area contributed by atoms with E-state index in [1.54, 1.807) is 22.5 Å². The number of nitrogens with zero attached hydrogens (tertiary/aromatic N) is 4. The Balaban J connectivity index is 1.51. The van der Waals surface area contributed by atoms with Gasteiger partial charge in [-0.25, -0.2) is 4.98 Å². The van der Waals surface area contributed by atoms with Gasteiger partial charge in [0.1, 0.15) is 16.7 Å². The molecule has 0 spiro atoms. The number of aromatic nitrogens is 4. The van der Waals surface area contributed by atoms with Crippen LogP contribution in [-0.2, 0) is 16.0 Å². The highest BCUT2D eigenvalue weighted by molar-refractivity contribution is 7.13. The van der Waals surface area contributed by atoms with Gasteiger partial charge in [-0.15, -0.1) is 11.3 Å². The molecule has 1 unspecified atom stereocenters. The standard InChI is InChI=1S/C26H31N7O4S/c1-15(2)21-24(35)28-8-3-4-17-12-16(5-9-27-17)26-30-20(14-38-26)23(34)29-19-13-33(18-6-10-37-11-7-18)32-22(19)25(36)31-21/h5,9,12-15,18,21H,3-4,6-8,10-11H2,1-2H3,(H,28,35)(H,29,34)(H,31,36). The Labute approximate surface area is 224 Å². The summed E-state index contributed by atoms with van der Waals surface area (Å²) in [5, 5.41) is 15.5.